The SMILES string of the molecule is O=C(c1cnccn1)N1CCN(C(=O)C(F)(F)F)CC1. The number of carbonyl (C=O) groups is 2. The maximum atomic E-state index is 12.3. The third-order valence-corrected chi connectivity index (χ3v) is 2.88. The molecule has 0 unspecified atom stereocenters. The molecule has 1 fully saturated rings. The van der Waals surface area contributed by atoms with Crippen LogP contribution in [-0.4, -0.2) is 63.9 Å². The molecule has 0 bridgehead atoms. The molecule has 1 saturated heterocycles. The number of piperazine rings is 1. The van der Waals surface area contributed by atoms with E-state index in [1.165, 1.54) is 23.5 Å². The minimum Gasteiger partial charge on any atom is -0.334 e. The second-order valence-electron chi connectivity index (χ2n) is 4.17. The molecular weight excluding hydrogens is 277 g/mol. The van der Waals surface area contributed by atoms with Gasteiger partial charge in [0.25, 0.3) is 5.91 Å². The molecule has 6 nitrogen and oxygen atoms in total. The number of hydrogen-bond donors (Lipinski definition) is 0. The Hall–Kier alpha value is -2.19. The predicted octanol–water partition coefficient (Wildman–Crippen LogP) is 0.323. The first-order valence-corrected chi connectivity index (χ1v) is 5.81. The van der Waals surface area contributed by atoms with Crippen molar-refractivity contribution in [3.8, 4) is 0 Å². The monoisotopic (exact) mass is 288 g/mol. The molecule has 1 aromatic rings. The van der Waals surface area contributed by atoms with Crippen LogP contribution < -0.4 is 0 Å². The highest BCUT2D eigenvalue weighted by atomic mass is 19.4. The molecule has 0 aromatic carbocycles. The highest BCUT2D eigenvalue weighted by Crippen LogP contribution is 2.19. The average molecular weight is 288 g/mol. The van der Waals surface area contributed by atoms with Crippen molar-refractivity contribution in [2.45, 2.75) is 6.18 Å². The Bertz CT molecular complexity index is 498. The van der Waals surface area contributed by atoms with E-state index in [1.807, 2.05) is 0 Å². The normalized spacial score (nSPS) is 16.1. The van der Waals surface area contributed by atoms with Crippen LogP contribution in [0.15, 0.2) is 18.6 Å². The standard InChI is InChI=1S/C11H11F3N4O2/c12-11(13,14)10(20)18-5-3-17(4-6-18)9(19)8-7-15-1-2-16-8/h1-2,7H,3-6H2. The highest BCUT2D eigenvalue weighted by molar-refractivity contribution is 5.92. The quantitative estimate of drug-likeness (QED) is 0.746. The fourth-order valence-electron chi connectivity index (χ4n) is 1.86. The van der Waals surface area contributed by atoms with Crippen LogP contribution in [0.1, 0.15) is 10.5 Å². The summed E-state index contributed by atoms with van der Waals surface area (Å²) in [5.74, 6) is -2.28. The van der Waals surface area contributed by atoms with Gasteiger partial charge in [-0.25, -0.2) is 4.98 Å². The molecule has 0 aliphatic carbocycles. The van der Waals surface area contributed by atoms with Crippen LogP contribution in [0.2, 0.25) is 0 Å². The predicted molar refractivity (Wildman–Crippen MR) is 60.6 cm³/mol. The van der Waals surface area contributed by atoms with Gasteiger partial charge >= 0.3 is 12.1 Å². The molecule has 2 amide bonds. The zero-order valence-corrected chi connectivity index (χ0v) is 10.3. The summed E-state index contributed by atoms with van der Waals surface area (Å²) < 4.78 is 36.8. The van der Waals surface area contributed by atoms with Crippen molar-refractivity contribution in [1.82, 2.24) is 19.8 Å². The van der Waals surface area contributed by atoms with E-state index in [4.69, 9.17) is 0 Å². The Kier molecular flexibility index (Phi) is 3.86. The van der Waals surface area contributed by atoms with Gasteiger partial charge in [0, 0.05) is 38.6 Å². The lowest BCUT2D eigenvalue weighted by Gasteiger charge is -2.34. The smallest absolute Gasteiger partial charge is 0.334 e. The van der Waals surface area contributed by atoms with Gasteiger partial charge in [-0.15, -0.1) is 0 Å². The lowest BCUT2D eigenvalue weighted by Crippen LogP contribution is -2.53. The van der Waals surface area contributed by atoms with Gasteiger partial charge in [-0.05, 0) is 0 Å². The van der Waals surface area contributed by atoms with Crippen molar-refractivity contribution < 1.29 is 22.8 Å². The first-order chi connectivity index (χ1) is 9.39. The van der Waals surface area contributed by atoms with Gasteiger partial charge in [0.15, 0.2) is 0 Å². The molecular formula is C11H11F3N4O2. The maximum absolute atomic E-state index is 12.3. The summed E-state index contributed by atoms with van der Waals surface area (Å²) in [7, 11) is 0. The Morgan fingerprint density at radius 1 is 1.05 bits per heavy atom. The van der Waals surface area contributed by atoms with Crippen molar-refractivity contribution in [3.05, 3.63) is 24.3 Å². The molecule has 0 saturated carbocycles. The third-order valence-electron chi connectivity index (χ3n) is 2.88. The molecule has 0 N–H and O–H groups in total. The van der Waals surface area contributed by atoms with E-state index in [9.17, 15) is 22.8 Å². The number of carbonyl (C=O) groups excluding carboxylic acids is 2. The van der Waals surface area contributed by atoms with Crippen LogP contribution in [0.4, 0.5) is 13.2 Å². The molecule has 0 atom stereocenters. The summed E-state index contributed by atoms with van der Waals surface area (Å²) in [6.07, 6.45) is -0.819. The Balaban J connectivity index is 1.95. The van der Waals surface area contributed by atoms with Gasteiger partial charge in [0.05, 0.1) is 6.20 Å². The van der Waals surface area contributed by atoms with Crippen LogP contribution >= 0.6 is 0 Å². The zero-order chi connectivity index (χ0) is 14.8. The lowest BCUT2D eigenvalue weighted by atomic mass is 10.2. The Labute approximate surface area is 112 Å². The molecule has 0 radical (unpaired) electrons. The van der Waals surface area contributed by atoms with Gasteiger partial charge < -0.3 is 9.80 Å². The molecule has 1 aromatic heterocycles. The first kappa shape index (κ1) is 14.2. The number of amides is 2. The first-order valence-electron chi connectivity index (χ1n) is 5.81. The van der Waals surface area contributed by atoms with E-state index in [2.05, 4.69) is 9.97 Å². The fourth-order valence-corrected chi connectivity index (χ4v) is 1.86. The number of rotatable bonds is 1. The molecule has 2 rings (SSSR count). The Morgan fingerprint density at radius 2 is 1.65 bits per heavy atom. The van der Waals surface area contributed by atoms with Crippen LogP contribution in [0, 0.1) is 0 Å². The molecule has 108 valence electrons. The fraction of sp³-hybridized carbons (Fsp3) is 0.455. The third kappa shape index (κ3) is 3.03. The van der Waals surface area contributed by atoms with Crippen LogP contribution in [-0.2, 0) is 4.79 Å². The number of hydrogen-bond acceptors (Lipinski definition) is 4. The Morgan fingerprint density at radius 3 is 2.15 bits per heavy atom. The van der Waals surface area contributed by atoms with Gasteiger partial charge in [-0.2, -0.15) is 13.2 Å². The van der Waals surface area contributed by atoms with Gasteiger partial charge in [-0.1, -0.05) is 0 Å². The van der Waals surface area contributed by atoms with E-state index < -0.39 is 18.0 Å². The van der Waals surface area contributed by atoms with Crippen LogP contribution in [0.3, 0.4) is 0 Å². The largest absolute Gasteiger partial charge is 0.471 e. The highest BCUT2D eigenvalue weighted by Gasteiger charge is 2.43. The van der Waals surface area contributed by atoms with Gasteiger partial charge in [-0.3, -0.25) is 14.6 Å². The number of nitrogens with zero attached hydrogens (tertiary/aromatic N) is 4. The summed E-state index contributed by atoms with van der Waals surface area (Å²) >= 11 is 0. The van der Waals surface area contributed by atoms with E-state index in [1.54, 1.807) is 0 Å². The average Bonchev–Trinajstić information content (AvgIpc) is 2.46. The molecule has 1 aliphatic rings. The summed E-state index contributed by atoms with van der Waals surface area (Å²) in [6.45, 7) is -0.219. The second kappa shape index (κ2) is 5.43. The van der Waals surface area contributed by atoms with E-state index in [0.717, 1.165) is 0 Å². The molecule has 0 spiro atoms. The van der Waals surface area contributed by atoms with Crippen molar-refractivity contribution in [3.63, 3.8) is 0 Å². The molecule has 20 heavy (non-hydrogen) atoms. The van der Waals surface area contributed by atoms with Gasteiger partial charge in [0.2, 0.25) is 0 Å². The number of aromatic nitrogens is 2. The summed E-state index contributed by atoms with van der Waals surface area (Å²) in [6, 6.07) is 0. The molecule has 1 aliphatic heterocycles. The summed E-state index contributed by atoms with van der Waals surface area (Å²) in [5, 5.41) is 0. The second-order valence-corrected chi connectivity index (χ2v) is 4.17. The summed E-state index contributed by atoms with van der Waals surface area (Å²) in [5.41, 5.74) is 0.128. The van der Waals surface area contributed by atoms with E-state index in [0.29, 0.717) is 4.90 Å². The van der Waals surface area contributed by atoms with Crippen molar-refractivity contribution in [2.75, 3.05) is 26.2 Å². The van der Waals surface area contributed by atoms with Gasteiger partial charge in [0.1, 0.15) is 5.69 Å². The zero-order valence-electron chi connectivity index (χ0n) is 10.3. The van der Waals surface area contributed by atoms with E-state index >= 15 is 0 Å². The number of halogens is 3. The maximum Gasteiger partial charge on any atom is 0.471 e. The minimum absolute atomic E-state index is 0.0389. The van der Waals surface area contributed by atoms with Crippen molar-refractivity contribution >= 4 is 11.8 Å². The van der Waals surface area contributed by atoms with Crippen molar-refractivity contribution in [2.24, 2.45) is 0 Å². The molecule has 9 heteroatoms. The van der Waals surface area contributed by atoms with E-state index in [-0.39, 0.29) is 31.9 Å². The van der Waals surface area contributed by atoms with Crippen LogP contribution in [0.5, 0.6) is 0 Å². The van der Waals surface area contributed by atoms with Crippen LogP contribution in [0.25, 0.3) is 0 Å². The van der Waals surface area contributed by atoms with Crippen molar-refractivity contribution in [1.29, 1.82) is 0 Å². The molecule has 2 heterocycles. The lowest BCUT2D eigenvalue weighted by molar-refractivity contribution is -0.186. The summed E-state index contributed by atoms with van der Waals surface area (Å²) in [4.78, 5) is 32.6. The minimum atomic E-state index is -4.88. The number of alkyl halides is 3. The topological polar surface area (TPSA) is 66.4 Å².